The van der Waals surface area contributed by atoms with E-state index in [-0.39, 0.29) is 5.75 Å². The molecule has 0 aromatic heterocycles. The van der Waals surface area contributed by atoms with Gasteiger partial charge in [-0.15, -0.1) is 0 Å². The van der Waals surface area contributed by atoms with Gasteiger partial charge in [0.1, 0.15) is 0 Å². The molecule has 6 heteroatoms. The molecule has 0 saturated heterocycles. The highest BCUT2D eigenvalue weighted by atomic mass is 19.3. The highest BCUT2D eigenvalue weighted by Crippen LogP contribution is 2.29. The maximum absolute atomic E-state index is 12.3. The summed E-state index contributed by atoms with van der Waals surface area (Å²) in [5, 5.41) is 3.18. The van der Waals surface area contributed by atoms with Crippen molar-refractivity contribution in [1.82, 2.24) is 5.32 Å². The molecule has 0 bridgehead atoms. The predicted octanol–water partition coefficient (Wildman–Crippen LogP) is 2.08. The fourth-order valence-electron chi connectivity index (χ4n) is 1.60. The Kier molecular flexibility index (Phi) is 7.14. The SMILES string of the molecule is COCCNCCc1ccc(OC)c(OC(F)F)c1. The molecule has 0 aliphatic heterocycles. The lowest BCUT2D eigenvalue weighted by Crippen LogP contribution is -2.21. The predicted molar refractivity (Wildman–Crippen MR) is 68.1 cm³/mol. The average molecular weight is 275 g/mol. The van der Waals surface area contributed by atoms with Gasteiger partial charge in [0.25, 0.3) is 0 Å². The third-order valence-corrected chi connectivity index (χ3v) is 2.52. The standard InChI is InChI=1S/C13H19F2NO3/c1-17-8-7-16-6-5-10-3-4-11(18-2)12(9-10)19-13(14)15/h3-4,9,13,16H,5-8H2,1-2H3. The third-order valence-electron chi connectivity index (χ3n) is 2.52. The summed E-state index contributed by atoms with van der Waals surface area (Å²) < 4.78 is 38.8. The lowest BCUT2D eigenvalue weighted by molar-refractivity contribution is -0.0512. The molecule has 0 atom stereocenters. The number of hydrogen-bond acceptors (Lipinski definition) is 4. The Labute approximate surface area is 111 Å². The maximum Gasteiger partial charge on any atom is 0.387 e. The van der Waals surface area contributed by atoms with Gasteiger partial charge in [0.05, 0.1) is 13.7 Å². The van der Waals surface area contributed by atoms with E-state index in [9.17, 15) is 8.78 Å². The molecular weight excluding hydrogens is 256 g/mol. The number of hydrogen-bond donors (Lipinski definition) is 1. The van der Waals surface area contributed by atoms with E-state index >= 15 is 0 Å². The fraction of sp³-hybridized carbons (Fsp3) is 0.538. The van der Waals surface area contributed by atoms with Gasteiger partial charge in [-0.3, -0.25) is 0 Å². The van der Waals surface area contributed by atoms with Crippen molar-refractivity contribution in [2.24, 2.45) is 0 Å². The Morgan fingerprint density at radius 2 is 1.95 bits per heavy atom. The topological polar surface area (TPSA) is 39.7 Å². The molecular formula is C13H19F2NO3. The lowest BCUT2D eigenvalue weighted by Gasteiger charge is -2.11. The molecule has 4 nitrogen and oxygen atoms in total. The van der Waals surface area contributed by atoms with Gasteiger partial charge in [0.15, 0.2) is 11.5 Å². The quantitative estimate of drug-likeness (QED) is 0.700. The Bertz CT molecular complexity index is 375. The third kappa shape index (κ3) is 5.85. The zero-order chi connectivity index (χ0) is 14.1. The van der Waals surface area contributed by atoms with Gasteiger partial charge in [-0.25, -0.2) is 0 Å². The van der Waals surface area contributed by atoms with Gasteiger partial charge >= 0.3 is 6.61 Å². The van der Waals surface area contributed by atoms with Crippen LogP contribution in [0.2, 0.25) is 0 Å². The summed E-state index contributed by atoms with van der Waals surface area (Å²) in [5.74, 6) is 0.364. The van der Waals surface area contributed by atoms with Crippen LogP contribution in [0.5, 0.6) is 11.5 Å². The van der Waals surface area contributed by atoms with Crippen molar-refractivity contribution in [3.63, 3.8) is 0 Å². The molecule has 0 aliphatic rings. The molecule has 0 heterocycles. The molecule has 108 valence electrons. The van der Waals surface area contributed by atoms with Crippen LogP contribution < -0.4 is 14.8 Å². The van der Waals surface area contributed by atoms with E-state index in [0.29, 0.717) is 18.8 Å². The van der Waals surface area contributed by atoms with E-state index in [4.69, 9.17) is 9.47 Å². The molecule has 1 aromatic rings. The number of halogens is 2. The van der Waals surface area contributed by atoms with Crippen LogP contribution in [-0.4, -0.2) is 40.5 Å². The summed E-state index contributed by atoms with van der Waals surface area (Å²) in [7, 11) is 3.05. The Morgan fingerprint density at radius 3 is 2.58 bits per heavy atom. The molecule has 0 radical (unpaired) electrons. The second-order valence-corrected chi connectivity index (χ2v) is 3.86. The fourth-order valence-corrected chi connectivity index (χ4v) is 1.60. The van der Waals surface area contributed by atoms with Gasteiger partial charge in [-0.2, -0.15) is 8.78 Å². The van der Waals surface area contributed by atoms with Crippen LogP contribution >= 0.6 is 0 Å². The number of nitrogens with one attached hydrogen (secondary N) is 1. The van der Waals surface area contributed by atoms with Crippen LogP contribution in [0.25, 0.3) is 0 Å². The smallest absolute Gasteiger partial charge is 0.387 e. The minimum Gasteiger partial charge on any atom is -0.493 e. The molecule has 0 saturated carbocycles. The first-order valence-electron chi connectivity index (χ1n) is 5.98. The highest BCUT2D eigenvalue weighted by Gasteiger charge is 2.11. The van der Waals surface area contributed by atoms with Gasteiger partial charge in [0, 0.05) is 13.7 Å². The van der Waals surface area contributed by atoms with Crippen molar-refractivity contribution < 1.29 is 23.0 Å². The molecule has 0 amide bonds. The largest absolute Gasteiger partial charge is 0.493 e. The van der Waals surface area contributed by atoms with Crippen LogP contribution in [-0.2, 0) is 11.2 Å². The summed E-state index contributed by atoms with van der Waals surface area (Å²) in [6.07, 6.45) is 0.716. The Morgan fingerprint density at radius 1 is 1.16 bits per heavy atom. The van der Waals surface area contributed by atoms with Crippen molar-refractivity contribution >= 4 is 0 Å². The van der Waals surface area contributed by atoms with Crippen molar-refractivity contribution in [2.75, 3.05) is 33.9 Å². The lowest BCUT2D eigenvalue weighted by atomic mass is 10.1. The molecule has 0 aliphatic carbocycles. The van der Waals surface area contributed by atoms with Gasteiger partial charge < -0.3 is 19.5 Å². The van der Waals surface area contributed by atoms with Gasteiger partial charge in [-0.05, 0) is 30.7 Å². The average Bonchev–Trinajstić information content (AvgIpc) is 2.38. The van der Waals surface area contributed by atoms with Crippen molar-refractivity contribution in [2.45, 2.75) is 13.0 Å². The summed E-state index contributed by atoms with van der Waals surface area (Å²) in [6.45, 7) is -0.719. The summed E-state index contributed by atoms with van der Waals surface area (Å²) >= 11 is 0. The zero-order valence-corrected chi connectivity index (χ0v) is 11.1. The van der Waals surface area contributed by atoms with E-state index in [1.54, 1.807) is 19.2 Å². The van der Waals surface area contributed by atoms with E-state index in [2.05, 4.69) is 10.1 Å². The first kappa shape index (κ1) is 15.7. The van der Waals surface area contributed by atoms with Gasteiger partial charge in [-0.1, -0.05) is 6.07 Å². The second kappa shape index (κ2) is 8.66. The number of benzene rings is 1. The van der Waals surface area contributed by atoms with Crippen molar-refractivity contribution in [1.29, 1.82) is 0 Å². The first-order chi connectivity index (χ1) is 9.17. The van der Waals surface area contributed by atoms with Crippen LogP contribution in [0, 0.1) is 0 Å². The highest BCUT2D eigenvalue weighted by molar-refractivity contribution is 5.43. The van der Waals surface area contributed by atoms with E-state index in [1.807, 2.05) is 6.07 Å². The second-order valence-electron chi connectivity index (χ2n) is 3.86. The van der Waals surface area contributed by atoms with Crippen LogP contribution in [0.15, 0.2) is 18.2 Å². The van der Waals surface area contributed by atoms with Gasteiger partial charge in [0.2, 0.25) is 0 Å². The van der Waals surface area contributed by atoms with Crippen molar-refractivity contribution in [3.8, 4) is 11.5 Å². The first-order valence-corrected chi connectivity index (χ1v) is 5.98. The molecule has 1 rings (SSSR count). The molecule has 0 fully saturated rings. The molecule has 0 unspecified atom stereocenters. The number of ether oxygens (including phenoxy) is 3. The molecule has 1 aromatic carbocycles. The minimum absolute atomic E-state index is 0.0619. The minimum atomic E-state index is -2.86. The zero-order valence-electron chi connectivity index (χ0n) is 11.1. The van der Waals surface area contributed by atoms with E-state index < -0.39 is 6.61 Å². The Hall–Kier alpha value is -1.40. The summed E-state index contributed by atoms with van der Waals surface area (Å²) in [6, 6.07) is 5.03. The number of alkyl halides is 2. The van der Waals surface area contributed by atoms with Crippen LogP contribution in [0.1, 0.15) is 5.56 Å². The molecule has 0 spiro atoms. The van der Waals surface area contributed by atoms with Crippen molar-refractivity contribution in [3.05, 3.63) is 23.8 Å². The summed E-state index contributed by atoms with van der Waals surface area (Å²) in [4.78, 5) is 0. The molecule has 19 heavy (non-hydrogen) atoms. The number of rotatable bonds is 9. The van der Waals surface area contributed by atoms with Crippen LogP contribution in [0.4, 0.5) is 8.78 Å². The number of methoxy groups -OCH3 is 2. The molecule has 1 N–H and O–H groups in total. The Balaban J connectivity index is 2.54. The van der Waals surface area contributed by atoms with Crippen LogP contribution in [0.3, 0.4) is 0 Å². The normalized spacial score (nSPS) is 10.8. The summed E-state index contributed by atoms with van der Waals surface area (Å²) in [5.41, 5.74) is 0.904. The maximum atomic E-state index is 12.3. The monoisotopic (exact) mass is 275 g/mol. The van der Waals surface area contributed by atoms with E-state index in [1.165, 1.54) is 7.11 Å². The van der Waals surface area contributed by atoms with E-state index in [0.717, 1.165) is 18.7 Å².